The number of hydrazine groups is 1. The van der Waals surface area contributed by atoms with Gasteiger partial charge in [0.2, 0.25) is 11.8 Å². The zero-order chi connectivity index (χ0) is 14.7. The Labute approximate surface area is 125 Å². The molecule has 0 aliphatic carbocycles. The molecule has 20 heavy (non-hydrogen) atoms. The van der Waals surface area contributed by atoms with E-state index in [2.05, 4.69) is 20.7 Å². The third kappa shape index (κ3) is 3.08. The van der Waals surface area contributed by atoms with Crippen LogP contribution in [0.2, 0.25) is 0 Å². The van der Waals surface area contributed by atoms with E-state index in [1.807, 2.05) is 22.6 Å². The summed E-state index contributed by atoms with van der Waals surface area (Å²) in [4.78, 5) is 17.8. The van der Waals surface area contributed by atoms with Crippen molar-refractivity contribution in [2.45, 2.75) is 0 Å². The van der Waals surface area contributed by atoms with Crippen LogP contribution in [0, 0.1) is 19.5 Å². The summed E-state index contributed by atoms with van der Waals surface area (Å²) in [5.74, 6) is 4.75. The van der Waals surface area contributed by atoms with E-state index in [4.69, 9.17) is 5.84 Å². The quantitative estimate of drug-likeness (QED) is 0.317. The largest absolute Gasteiger partial charge is 0.333 e. The van der Waals surface area contributed by atoms with E-state index in [-0.39, 0.29) is 17.5 Å². The van der Waals surface area contributed by atoms with Gasteiger partial charge in [0.25, 0.3) is 0 Å². The Balaban J connectivity index is 2.43. The highest BCUT2D eigenvalue weighted by molar-refractivity contribution is 14.1. The van der Waals surface area contributed by atoms with Crippen LogP contribution in [-0.2, 0) is 0 Å². The molecule has 0 saturated carbocycles. The molecule has 0 unspecified atom stereocenters. The minimum atomic E-state index is -0.626. The maximum atomic E-state index is 13.0. The highest BCUT2D eigenvalue weighted by Crippen LogP contribution is 2.28. The summed E-state index contributed by atoms with van der Waals surface area (Å²) < 4.78 is 13.6. The van der Waals surface area contributed by atoms with Crippen molar-refractivity contribution in [3.05, 3.63) is 43.9 Å². The fourth-order valence-corrected chi connectivity index (χ4v) is 2.00. The summed E-state index contributed by atoms with van der Waals surface area (Å²) in [5.41, 5.74) is 2.36. The molecule has 0 spiro atoms. The van der Waals surface area contributed by atoms with Gasteiger partial charge in [-0.1, -0.05) is 0 Å². The van der Waals surface area contributed by atoms with Crippen molar-refractivity contribution < 1.29 is 9.31 Å². The number of nitrogens with zero attached hydrogens (tertiary/aromatic N) is 3. The lowest BCUT2D eigenvalue weighted by molar-refractivity contribution is -0.384. The zero-order valence-corrected chi connectivity index (χ0v) is 12.0. The number of anilines is 3. The molecule has 0 bridgehead atoms. The molecule has 0 aliphatic rings. The number of nitrogen functional groups attached to an aromatic ring is 1. The lowest BCUT2D eigenvalue weighted by Gasteiger charge is -2.09. The molecule has 2 rings (SSSR count). The number of rotatable bonds is 4. The molecule has 0 atom stereocenters. The Hall–Kier alpha value is -2.08. The van der Waals surface area contributed by atoms with Gasteiger partial charge in [-0.15, -0.1) is 0 Å². The molecule has 10 heteroatoms. The molecule has 104 valence electrons. The van der Waals surface area contributed by atoms with Gasteiger partial charge in [-0.3, -0.25) is 15.5 Å². The molecule has 0 saturated heterocycles. The predicted octanol–water partition coefficient (Wildman–Crippen LogP) is 2.16. The van der Waals surface area contributed by atoms with Crippen LogP contribution in [0.4, 0.5) is 27.5 Å². The molecule has 0 amide bonds. The smallest absolute Gasteiger partial charge is 0.329 e. The maximum absolute atomic E-state index is 13.0. The van der Waals surface area contributed by atoms with Gasteiger partial charge in [0.15, 0.2) is 0 Å². The summed E-state index contributed by atoms with van der Waals surface area (Å²) in [6.45, 7) is 0. The maximum Gasteiger partial charge on any atom is 0.329 e. The zero-order valence-electron chi connectivity index (χ0n) is 9.80. The summed E-state index contributed by atoms with van der Waals surface area (Å²) in [6, 6.07) is 3.98. The van der Waals surface area contributed by atoms with Crippen LogP contribution in [0.5, 0.6) is 0 Å². The number of benzene rings is 1. The SMILES string of the molecule is NNc1ncc([N+](=O)[O-])c(Nc2ccc(F)cc2I)n1. The summed E-state index contributed by atoms with van der Waals surface area (Å²) in [6.07, 6.45) is 1.03. The van der Waals surface area contributed by atoms with Crippen LogP contribution < -0.4 is 16.6 Å². The number of nitro groups is 1. The molecule has 4 N–H and O–H groups in total. The van der Waals surface area contributed by atoms with Crippen molar-refractivity contribution in [2.75, 3.05) is 10.7 Å². The van der Waals surface area contributed by atoms with Gasteiger partial charge in [0.05, 0.1) is 10.6 Å². The lowest BCUT2D eigenvalue weighted by Crippen LogP contribution is -2.12. The monoisotopic (exact) mass is 390 g/mol. The van der Waals surface area contributed by atoms with Crippen molar-refractivity contribution in [3.8, 4) is 0 Å². The van der Waals surface area contributed by atoms with Gasteiger partial charge < -0.3 is 5.32 Å². The van der Waals surface area contributed by atoms with E-state index >= 15 is 0 Å². The molecule has 1 aromatic carbocycles. The Morgan fingerprint density at radius 3 is 2.80 bits per heavy atom. The van der Waals surface area contributed by atoms with Crippen LogP contribution in [0.25, 0.3) is 0 Å². The minimum Gasteiger partial charge on any atom is -0.333 e. The third-order valence-corrected chi connectivity index (χ3v) is 3.17. The van der Waals surface area contributed by atoms with E-state index < -0.39 is 10.7 Å². The third-order valence-electron chi connectivity index (χ3n) is 2.28. The Morgan fingerprint density at radius 2 is 2.20 bits per heavy atom. The van der Waals surface area contributed by atoms with Crippen molar-refractivity contribution >= 4 is 45.7 Å². The van der Waals surface area contributed by atoms with Gasteiger partial charge >= 0.3 is 5.69 Å². The second-order valence-corrected chi connectivity index (χ2v) is 4.74. The molecule has 8 nitrogen and oxygen atoms in total. The van der Waals surface area contributed by atoms with Gasteiger partial charge in [0, 0.05) is 3.57 Å². The van der Waals surface area contributed by atoms with Crippen molar-refractivity contribution in [1.29, 1.82) is 0 Å². The molecule has 2 aromatic rings. The minimum absolute atomic E-state index is 0.0234. The van der Waals surface area contributed by atoms with Crippen molar-refractivity contribution in [1.82, 2.24) is 9.97 Å². The van der Waals surface area contributed by atoms with Crippen molar-refractivity contribution in [2.24, 2.45) is 5.84 Å². The first kappa shape index (κ1) is 14.3. The highest BCUT2D eigenvalue weighted by atomic mass is 127. The van der Waals surface area contributed by atoms with Crippen LogP contribution in [0.15, 0.2) is 24.4 Å². The molecular formula is C10H8FIN6O2. The first-order chi connectivity index (χ1) is 9.51. The molecule has 0 fully saturated rings. The molecule has 0 aliphatic heterocycles. The average Bonchev–Trinajstić information content (AvgIpc) is 2.41. The van der Waals surface area contributed by atoms with E-state index in [0.717, 1.165) is 6.20 Å². The summed E-state index contributed by atoms with van der Waals surface area (Å²) >= 11 is 1.90. The average molecular weight is 390 g/mol. The number of halogens is 2. The van der Waals surface area contributed by atoms with Gasteiger partial charge in [-0.2, -0.15) is 4.98 Å². The van der Waals surface area contributed by atoms with Gasteiger partial charge in [-0.25, -0.2) is 15.2 Å². The highest BCUT2D eigenvalue weighted by Gasteiger charge is 2.18. The predicted molar refractivity (Wildman–Crippen MR) is 78.9 cm³/mol. The molecule has 0 radical (unpaired) electrons. The Bertz CT molecular complexity index is 668. The van der Waals surface area contributed by atoms with Crippen LogP contribution in [-0.4, -0.2) is 14.9 Å². The topological polar surface area (TPSA) is 119 Å². The fraction of sp³-hybridized carbons (Fsp3) is 0. The molecular weight excluding hydrogens is 382 g/mol. The second-order valence-electron chi connectivity index (χ2n) is 3.58. The van der Waals surface area contributed by atoms with Crippen molar-refractivity contribution in [3.63, 3.8) is 0 Å². The first-order valence-corrected chi connectivity index (χ1v) is 6.29. The number of nitrogens with one attached hydrogen (secondary N) is 2. The van der Waals surface area contributed by atoms with E-state index in [1.54, 1.807) is 0 Å². The number of hydrogen-bond donors (Lipinski definition) is 3. The lowest BCUT2D eigenvalue weighted by atomic mass is 10.3. The number of nitrogens with two attached hydrogens (primary N) is 1. The number of hydrogen-bond acceptors (Lipinski definition) is 7. The number of aromatic nitrogens is 2. The van der Waals surface area contributed by atoms with Crippen LogP contribution in [0.1, 0.15) is 0 Å². The van der Waals surface area contributed by atoms with E-state index in [0.29, 0.717) is 9.26 Å². The Morgan fingerprint density at radius 1 is 1.45 bits per heavy atom. The first-order valence-electron chi connectivity index (χ1n) is 5.21. The van der Waals surface area contributed by atoms with E-state index in [1.165, 1.54) is 18.2 Å². The standard InChI is InChI=1S/C10H8FIN6O2/c11-5-1-2-7(6(12)3-5)15-9-8(18(19)20)4-14-10(16-9)17-13/h1-4H,13H2,(H2,14,15,16,17). The fourth-order valence-electron chi connectivity index (χ4n) is 1.39. The summed E-state index contributed by atoms with van der Waals surface area (Å²) in [5, 5.41) is 13.7. The van der Waals surface area contributed by atoms with Crippen LogP contribution in [0.3, 0.4) is 0 Å². The molecule has 1 aromatic heterocycles. The van der Waals surface area contributed by atoms with E-state index in [9.17, 15) is 14.5 Å². The molecule has 1 heterocycles. The normalized spacial score (nSPS) is 10.2. The van der Waals surface area contributed by atoms with Crippen LogP contribution >= 0.6 is 22.6 Å². The summed E-state index contributed by atoms with van der Waals surface area (Å²) in [7, 11) is 0. The Kier molecular flexibility index (Phi) is 4.24. The van der Waals surface area contributed by atoms with Gasteiger partial charge in [0.1, 0.15) is 12.0 Å². The second kappa shape index (κ2) is 5.92. The van der Waals surface area contributed by atoms with Gasteiger partial charge in [-0.05, 0) is 40.8 Å².